The van der Waals surface area contributed by atoms with Crippen molar-refractivity contribution in [2.24, 2.45) is 11.3 Å². The number of amides is 1. The van der Waals surface area contributed by atoms with E-state index in [0.717, 1.165) is 61.9 Å². The van der Waals surface area contributed by atoms with Gasteiger partial charge in [0.15, 0.2) is 0 Å². The van der Waals surface area contributed by atoms with Crippen molar-refractivity contribution in [1.82, 2.24) is 25.0 Å². The highest BCUT2D eigenvalue weighted by molar-refractivity contribution is 5.82. The quantitative estimate of drug-likeness (QED) is 0.539. The third-order valence-corrected chi connectivity index (χ3v) is 8.57. The Labute approximate surface area is 231 Å². The third-order valence-electron chi connectivity index (χ3n) is 8.57. The molecule has 2 saturated heterocycles. The van der Waals surface area contributed by atoms with Gasteiger partial charge in [-0.25, -0.2) is 10.2 Å². The van der Waals surface area contributed by atoms with Crippen molar-refractivity contribution in [2.45, 2.75) is 52.2 Å². The van der Waals surface area contributed by atoms with E-state index in [9.17, 15) is 9.18 Å². The fourth-order valence-electron chi connectivity index (χ4n) is 6.33. The van der Waals surface area contributed by atoms with Gasteiger partial charge in [-0.3, -0.25) is 19.6 Å². The highest BCUT2D eigenvalue weighted by atomic mass is 19.1. The van der Waals surface area contributed by atoms with Gasteiger partial charge in [-0.2, -0.15) is 0 Å². The monoisotopic (exact) mass is 538 g/mol. The lowest BCUT2D eigenvalue weighted by Crippen LogP contribution is -2.62. The Kier molecular flexibility index (Phi) is 7.99. The Morgan fingerprint density at radius 1 is 1.23 bits per heavy atom. The van der Waals surface area contributed by atoms with Crippen LogP contribution >= 0.6 is 0 Å². The summed E-state index contributed by atoms with van der Waals surface area (Å²) < 4.78 is 19.1. The van der Waals surface area contributed by atoms with Gasteiger partial charge < -0.3 is 15.0 Å². The van der Waals surface area contributed by atoms with Crippen LogP contribution in [0.2, 0.25) is 0 Å². The molecular formula is C30H43FN6O2. The van der Waals surface area contributed by atoms with Crippen molar-refractivity contribution in [2.75, 3.05) is 52.5 Å². The highest BCUT2D eigenvalue weighted by Gasteiger charge is 2.45. The zero-order valence-electron chi connectivity index (χ0n) is 23.8. The minimum atomic E-state index is -0.319. The van der Waals surface area contributed by atoms with Gasteiger partial charge in [-0.05, 0) is 49.6 Å². The maximum Gasteiger partial charge on any atom is 0.241 e. The Hall–Kier alpha value is -2.56. The number of hydrazine groups is 1. The normalized spacial score (nSPS) is 28.1. The number of hydrogen-bond donors (Lipinski definition) is 2. The van der Waals surface area contributed by atoms with Crippen LogP contribution < -0.4 is 11.2 Å². The van der Waals surface area contributed by atoms with Crippen LogP contribution in [0.25, 0.3) is 0 Å². The largest absolute Gasteiger partial charge is 0.379 e. The molecule has 1 aromatic rings. The third kappa shape index (κ3) is 5.83. The number of carbonyl (C=O) groups is 1. The van der Waals surface area contributed by atoms with Crippen molar-refractivity contribution >= 4 is 5.91 Å². The number of nitrogens with one attached hydrogen (secondary N) is 1. The van der Waals surface area contributed by atoms with Crippen molar-refractivity contribution in [1.29, 1.82) is 0 Å². The molecule has 5 rings (SSSR count). The molecule has 39 heavy (non-hydrogen) atoms. The topological polar surface area (TPSA) is 77.3 Å². The van der Waals surface area contributed by atoms with Crippen LogP contribution in [0.4, 0.5) is 4.39 Å². The molecule has 2 fully saturated rings. The molecule has 4 aliphatic heterocycles. The van der Waals surface area contributed by atoms with Gasteiger partial charge in [0.05, 0.1) is 36.8 Å². The molecule has 8 nitrogen and oxygen atoms in total. The first-order chi connectivity index (χ1) is 18.5. The summed E-state index contributed by atoms with van der Waals surface area (Å²) in [5.74, 6) is 6.43. The molecule has 0 saturated carbocycles. The summed E-state index contributed by atoms with van der Waals surface area (Å²) in [7, 11) is 0. The molecule has 3 N–H and O–H groups in total. The molecule has 3 atom stereocenters. The van der Waals surface area contributed by atoms with Gasteiger partial charge in [0.2, 0.25) is 5.91 Å². The Balaban J connectivity index is 1.36. The van der Waals surface area contributed by atoms with Crippen LogP contribution in [0.1, 0.15) is 33.3 Å². The van der Waals surface area contributed by atoms with Gasteiger partial charge >= 0.3 is 0 Å². The number of ether oxygens (including phenoxy) is 1. The number of carbonyl (C=O) groups excluding carboxylic acids is 1. The molecule has 0 aromatic heterocycles. The van der Waals surface area contributed by atoms with E-state index in [1.54, 1.807) is 17.1 Å². The SMILES string of the molecule is C=C1C(Cc2ccc(F)cc2)=CC2=C(N1N)C(C)(C)CN2C(=O)CN1C[C@@H](C)NC[C@@H]1CN1CCOC[C@H]1C. The van der Waals surface area contributed by atoms with Crippen LogP contribution in [-0.4, -0.2) is 96.2 Å². The molecule has 4 aliphatic rings. The first kappa shape index (κ1) is 28.0. The molecule has 212 valence electrons. The Morgan fingerprint density at radius 2 is 1.97 bits per heavy atom. The van der Waals surface area contributed by atoms with Gasteiger partial charge in [-0.15, -0.1) is 0 Å². The lowest BCUT2D eigenvalue weighted by atomic mass is 9.88. The van der Waals surface area contributed by atoms with Crippen molar-refractivity contribution in [3.05, 3.63) is 71.0 Å². The van der Waals surface area contributed by atoms with E-state index in [0.29, 0.717) is 37.3 Å². The molecular weight excluding hydrogens is 495 g/mol. The predicted octanol–water partition coefficient (Wildman–Crippen LogP) is 2.46. The molecule has 0 spiro atoms. The molecule has 9 heteroatoms. The van der Waals surface area contributed by atoms with E-state index < -0.39 is 0 Å². The molecule has 0 radical (unpaired) electrons. The molecule has 0 unspecified atom stereocenters. The van der Waals surface area contributed by atoms with E-state index in [-0.39, 0.29) is 23.2 Å². The van der Waals surface area contributed by atoms with Crippen molar-refractivity contribution in [3.8, 4) is 0 Å². The molecule has 1 amide bonds. The number of rotatable bonds is 6. The van der Waals surface area contributed by atoms with Crippen LogP contribution in [0.5, 0.6) is 0 Å². The second kappa shape index (κ2) is 11.1. The number of piperazine rings is 1. The first-order valence-corrected chi connectivity index (χ1v) is 14.1. The predicted molar refractivity (Wildman–Crippen MR) is 151 cm³/mol. The van der Waals surface area contributed by atoms with Crippen LogP contribution in [0.15, 0.2) is 59.6 Å². The second-order valence-corrected chi connectivity index (χ2v) is 12.2. The summed E-state index contributed by atoms with van der Waals surface area (Å²) in [6, 6.07) is 7.41. The number of allylic oxidation sites excluding steroid dienone is 2. The summed E-state index contributed by atoms with van der Waals surface area (Å²) in [4.78, 5) is 20.7. The summed E-state index contributed by atoms with van der Waals surface area (Å²) in [6.07, 6.45) is 2.62. The zero-order chi connectivity index (χ0) is 27.9. The fourth-order valence-corrected chi connectivity index (χ4v) is 6.33. The van der Waals surface area contributed by atoms with Crippen molar-refractivity contribution < 1.29 is 13.9 Å². The van der Waals surface area contributed by atoms with E-state index in [1.807, 2.05) is 4.90 Å². The number of nitrogens with zero attached hydrogens (tertiary/aromatic N) is 4. The van der Waals surface area contributed by atoms with E-state index in [4.69, 9.17) is 10.6 Å². The summed E-state index contributed by atoms with van der Waals surface area (Å²) >= 11 is 0. The maximum atomic E-state index is 14.0. The number of nitrogens with two attached hydrogens (primary N) is 1. The van der Waals surface area contributed by atoms with Gasteiger partial charge in [0.1, 0.15) is 5.82 Å². The second-order valence-electron chi connectivity index (χ2n) is 12.2. The molecule has 1 aromatic carbocycles. The molecule has 0 bridgehead atoms. The maximum absolute atomic E-state index is 14.0. The van der Waals surface area contributed by atoms with E-state index >= 15 is 0 Å². The number of hydrogen-bond acceptors (Lipinski definition) is 7. The molecule has 4 heterocycles. The van der Waals surface area contributed by atoms with Gasteiger partial charge in [0.25, 0.3) is 0 Å². The molecule has 0 aliphatic carbocycles. The number of morpholine rings is 1. The first-order valence-electron chi connectivity index (χ1n) is 14.1. The lowest BCUT2D eigenvalue weighted by Gasteiger charge is -2.43. The number of halogens is 1. The van der Waals surface area contributed by atoms with Gasteiger partial charge in [-0.1, -0.05) is 32.6 Å². The standard InChI is InChI=1S/C30H43FN6O2/c1-20-15-35(26(14-33-20)16-34-10-11-39-18-21(34)2)17-28(38)36-19-30(4,5)29-27(36)13-24(22(3)37(29)32)12-23-6-8-25(31)9-7-23/h6-9,13,20-21,26,33H,3,10-12,14-19,32H2,1-2,4-5H3/t20-,21-,26-/m1/s1. The van der Waals surface area contributed by atoms with Crippen LogP contribution in [0.3, 0.4) is 0 Å². The highest BCUT2D eigenvalue weighted by Crippen LogP contribution is 2.45. The van der Waals surface area contributed by atoms with E-state index in [2.05, 4.69) is 55.5 Å². The average Bonchev–Trinajstić information content (AvgIpc) is 3.16. The van der Waals surface area contributed by atoms with Crippen LogP contribution in [-0.2, 0) is 16.0 Å². The average molecular weight is 539 g/mol. The number of benzene rings is 1. The van der Waals surface area contributed by atoms with Crippen LogP contribution in [0, 0.1) is 11.2 Å². The van der Waals surface area contributed by atoms with Gasteiger partial charge in [0, 0.05) is 56.3 Å². The summed E-state index contributed by atoms with van der Waals surface area (Å²) in [5.41, 5.74) is 4.03. The summed E-state index contributed by atoms with van der Waals surface area (Å²) in [5, 5.41) is 5.26. The lowest BCUT2D eigenvalue weighted by molar-refractivity contribution is -0.131. The Morgan fingerprint density at radius 3 is 2.69 bits per heavy atom. The Bertz CT molecular complexity index is 1160. The zero-order valence-corrected chi connectivity index (χ0v) is 23.8. The van der Waals surface area contributed by atoms with Crippen molar-refractivity contribution in [3.63, 3.8) is 0 Å². The fraction of sp³-hybridized carbons (Fsp3) is 0.567. The summed E-state index contributed by atoms with van der Waals surface area (Å²) in [6.45, 7) is 18.8. The van der Waals surface area contributed by atoms with E-state index in [1.165, 1.54) is 12.1 Å². The minimum Gasteiger partial charge on any atom is -0.379 e. The smallest absolute Gasteiger partial charge is 0.241 e. The minimum absolute atomic E-state index is 0.0838.